The van der Waals surface area contributed by atoms with E-state index in [2.05, 4.69) is 5.32 Å². The van der Waals surface area contributed by atoms with E-state index in [1.54, 1.807) is 0 Å². The molecule has 0 rings (SSSR count). The number of rotatable bonds is 6. The number of carbonyl (C=O) groups is 2. The normalized spacial score (nSPS) is 10.2. The monoisotopic (exact) mass is 175 g/mol. The van der Waals surface area contributed by atoms with Gasteiger partial charge in [0, 0.05) is 0 Å². The van der Waals surface area contributed by atoms with Crippen molar-refractivity contribution in [1.82, 2.24) is 5.32 Å². The standard InChI is InChI=1S/C7H13NO4/c1-2-8-4-3-5(6(9)10)7(11)12/h5,8H,2-4H2,1H3,(H,9,10)(H,11,12). The quantitative estimate of drug-likeness (QED) is 0.383. The number of hydrogen-bond acceptors (Lipinski definition) is 3. The minimum Gasteiger partial charge on any atom is -0.481 e. The number of hydrogen-bond donors (Lipinski definition) is 3. The average Bonchev–Trinajstić information content (AvgIpc) is 1.96. The average molecular weight is 175 g/mol. The minimum atomic E-state index is -1.29. The smallest absolute Gasteiger partial charge is 0.317 e. The Morgan fingerprint density at radius 3 is 2.17 bits per heavy atom. The number of aliphatic carboxylic acids is 2. The molecule has 0 saturated carbocycles. The molecule has 0 aliphatic heterocycles. The van der Waals surface area contributed by atoms with Crippen LogP contribution in [0.3, 0.4) is 0 Å². The van der Waals surface area contributed by atoms with Crippen LogP contribution < -0.4 is 5.32 Å². The Kier molecular flexibility index (Phi) is 5.03. The van der Waals surface area contributed by atoms with Crippen LogP contribution in [0, 0.1) is 5.92 Å². The van der Waals surface area contributed by atoms with Gasteiger partial charge in [0.25, 0.3) is 0 Å². The lowest BCUT2D eigenvalue weighted by Gasteiger charge is -2.06. The molecule has 0 aliphatic carbocycles. The molecule has 0 amide bonds. The Morgan fingerprint density at radius 2 is 1.83 bits per heavy atom. The lowest BCUT2D eigenvalue weighted by atomic mass is 10.1. The summed E-state index contributed by atoms with van der Waals surface area (Å²) in [5, 5.41) is 19.7. The third kappa shape index (κ3) is 3.92. The van der Waals surface area contributed by atoms with Gasteiger partial charge in [-0.3, -0.25) is 9.59 Å². The molecular formula is C7H13NO4. The summed E-state index contributed by atoms with van der Waals surface area (Å²) in [5.41, 5.74) is 0. The lowest BCUT2D eigenvalue weighted by molar-refractivity contribution is -0.154. The third-order valence-corrected chi connectivity index (χ3v) is 1.46. The summed E-state index contributed by atoms with van der Waals surface area (Å²) in [4.78, 5) is 20.7. The highest BCUT2D eigenvalue weighted by molar-refractivity contribution is 5.92. The predicted octanol–water partition coefficient (Wildman–Crippen LogP) is -0.229. The van der Waals surface area contributed by atoms with Crippen molar-refractivity contribution in [1.29, 1.82) is 0 Å². The molecule has 0 heterocycles. The van der Waals surface area contributed by atoms with Gasteiger partial charge in [0.1, 0.15) is 0 Å². The van der Waals surface area contributed by atoms with E-state index in [1.165, 1.54) is 0 Å². The minimum absolute atomic E-state index is 0.124. The summed E-state index contributed by atoms with van der Waals surface area (Å²) >= 11 is 0. The molecule has 0 aromatic heterocycles. The van der Waals surface area contributed by atoms with E-state index in [9.17, 15) is 9.59 Å². The van der Waals surface area contributed by atoms with Gasteiger partial charge < -0.3 is 15.5 Å². The van der Waals surface area contributed by atoms with E-state index in [4.69, 9.17) is 10.2 Å². The molecule has 0 spiro atoms. The maximum Gasteiger partial charge on any atom is 0.317 e. The Morgan fingerprint density at radius 1 is 1.33 bits per heavy atom. The summed E-state index contributed by atoms with van der Waals surface area (Å²) in [6, 6.07) is 0. The predicted molar refractivity (Wildman–Crippen MR) is 41.9 cm³/mol. The van der Waals surface area contributed by atoms with Crippen LogP contribution in [0.15, 0.2) is 0 Å². The fourth-order valence-electron chi connectivity index (χ4n) is 0.776. The molecule has 0 radical (unpaired) electrons. The SMILES string of the molecule is CCNCCC(C(=O)O)C(=O)O. The van der Waals surface area contributed by atoms with Gasteiger partial charge in [0.15, 0.2) is 5.92 Å². The maximum absolute atomic E-state index is 10.3. The van der Waals surface area contributed by atoms with Crippen molar-refractivity contribution < 1.29 is 19.8 Å². The van der Waals surface area contributed by atoms with Crippen molar-refractivity contribution in [2.75, 3.05) is 13.1 Å². The van der Waals surface area contributed by atoms with Gasteiger partial charge in [-0.1, -0.05) is 6.92 Å². The van der Waals surface area contributed by atoms with Crippen molar-refractivity contribution in [3.63, 3.8) is 0 Å². The van der Waals surface area contributed by atoms with Crippen molar-refractivity contribution in [3.8, 4) is 0 Å². The zero-order valence-corrected chi connectivity index (χ0v) is 6.91. The molecule has 3 N–H and O–H groups in total. The summed E-state index contributed by atoms with van der Waals surface area (Å²) in [7, 11) is 0. The fourth-order valence-corrected chi connectivity index (χ4v) is 0.776. The van der Waals surface area contributed by atoms with Crippen LogP contribution in [0.2, 0.25) is 0 Å². The second kappa shape index (κ2) is 5.54. The largest absolute Gasteiger partial charge is 0.481 e. The zero-order valence-electron chi connectivity index (χ0n) is 6.91. The highest BCUT2D eigenvalue weighted by atomic mass is 16.4. The molecule has 0 atom stereocenters. The number of carboxylic acids is 2. The van der Waals surface area contributed by atoms with Crippen molar-refractivity contribution in [2.45, 2.75) is 13.3 Å². The van der Waals surface area contributed by atoms with E-state index in [0.29, 0.717) is 13.1 Å². The van der Waals surface area contributed by atoms with Crippen LogP contribution >= 0.6 is 0 Å². The van der Waals surface area contributed by atoms with Gasteiger partial charge in [-0.2, -0.15) is 0 Å². The fraction of sp³-hybridized carbons (Fsp3) is 0.714. The number of nitrogens with one attached hydrogen (secondary N) is 1. The molecule has 0 aromatic rings. The first-order valence-electron chi connectivity index (χ1n) is 3.76. The van der Waals surface area contributed by atoms with E-state index < -0.39 is 17.9 Å². The Hall–Kier alpha value is -1.10. The van der Waals surface area contributed by atoms with Gasteiger partial charge in [0.05, 0.1) is 0 Å². The van der Waals surface area contributed by atoms with Crippen LogP contribution in [0.5, 0.6) is 0 Å². The molecular weight excluding hydrogens is 162 g/mol. The van der Waals surface area contributed by atoms with Crippen LogP contribution in [0.4, 0.5) is 0 Å². The molecule has 12 heavy (non-hydrogen) atoms. The third-order valence-electron chi connectivity index (χ3n) is 1.46. The van der Waals surface area contributed by atoms with Gasteiger partial charge in [-0.05, 0) is 19.5 Å². The molecule has 70 valence electrons. The van der Waals surface area contributed by atoms with E-state index in [1.807, 2.05) is 6.92 Å². The molecule has 5 nitrogen and oxygen atoms in total. The van der Waals surface area contributed by atoms with Gasteiger partial charge in [-0.25, -0.2) is 0 Å². The lowest BCUT2D eigenvalue weighted by Crippen LogP contribution is -2.27. The molecule has 0 unspecified atom stereocenters. The van der Waals surface area contributed by atoms with Crippen LogP contribution in [-0.4, -0.2) is 35.2 Å². The van der Waals surface area contributed by atoms with E-state index in [-0.39, 0.29) is 6.42 Å². The molecule has 0 aliphatic rings. The molecule has 0 bridgehead atoms. The molecule has 0 aromatic carbocycles. The Bertz CT molecular complexity index is 155. The van der Waals surface area contributed by atoms with E-state index >= 15 is 0 Å². The molecule has 0 saturated heterocycles. The highest BCUT2D eigenvalue weighted by Gasteiger charge is 2.24. The van der Waals surface area contributed by atoms with Crippen LogP contribution in [0.25, 0.3) is 0 Å². The topological polar surface area (TPSA) is 86.6 Å². The van der Waals surface area contributed by atoms with Gasteiger partial charge >= 0.3 is 11.9 Å². The number of carboxylic acid groups (broad SMARTS) is 2. The van der Waals surface area contributed by atoms with Gasteiger partial charge in [0.2, 0.25) is 0 Å². The molecule has 5 heteroatoms. The van der Waals surface area contributed by atoms with Gasteiger partial charge in [-0.15, -0.1) is 0 Å². The van der Waals surface area contributed by atoms with E-state index in [0.717, 1.165) is 0 Å². The second-order valence-corrected chi connectivity index (χ2v) is 2.37. The van der Waals surface area contributed by atoms with Crippen molar-refractivity contribution >= 4 is 11.9 Å². The first-order valence-corrected chi connectivity index (χ1v) is 3.76. The first kappa shape index (κ1) is 10.9. The first-order chi connectivity index (χ1) is 5.59. The van der Waals surface area contributed by atoms with Crippen molar-refractivity contribution in [3.05, 3.63) is 0 Å². The second-order valence-electron chi connectivity index (χ2n) is 2.37. The molecule has 0 fully saturated rings. The Labute approximate surface area is 70.4 Å². The van der Waals surface area contributed by atoms with Crippen LogP contribution in [-0.2, 0) is 9.59 Å². The van der Waals surface area contributed by atoms with Crippen molar-refractivity contribution in [2.24, 2.45) is 5.92 Å². The zero-order chi connectivity index (χ0) is 9.56. The summed E-state index contributed by atoms with van der Waals surface area (Å²) in [6.45, 7) is 3.00. The highest BCUT2D eigenvalue weighted by Crippen LogP contribution is 2.01. The summed E-state index contributed by atoms with van der Waals surface area (Å²) < 4.78 is 0. The summed E-state index contributed by atoms with van der Waals surface area (Å²) in [6.07, 6.45) is 0.124. The maximum atomic E-state index is 10.3. The Balaban J connectivity index is 3.80. The summed E-state index contributed by atoms with van der Waals surface area (Å²) in [5.74, 6) is -3.84. The van der Waals surface area contributed by atoms with Crippen LogP contribution in [0.1, 0.15) is 13.3 Å².